The zero-order chi connectivity index (χ0) is 14.8. The summed E-state index contributed by atoms with van der Waals surface area (Å²) in [5.41, 5.74) is 0.714. The maximum Gasteiger partial charge on any atom is 0.180 e. The van der Waals surface area contributed by atoms with Gasteiger partial charge in [-0.05, 0) is 23.8 Å². The van der Waals surface area contributed by atoms with Crippen molar-refractivity contribution in [3.05, 3.63) is 64.9 Å². The van der Waals surface area contributed by atoms with Gasteiger partial charge in [-0.25, -0.2) is 12.8 Å². The van der Waals surface area contributed by atoms with Crippen LogP contribution in [0.15, 0.2) is 53.4 Å². The second-order valence-electron chi connectivity index (χ2n) is 4.24. The number of alkyl halides is 1. The van der Waals surface area contributed by atoms with Crippen LogP contribution < -0.4 is 0 Å². The Morgan fingerprint density at radius 1 is 1.10 bits per heavy atom. The van der Waals surface area contributed by atoms with Crippen molar-refractivity contribution in [2.45, 2.75) is 10.3 Å². The lowest BCUT2D eigenvalue weighted by atomic mass is 10.2. The molecule has 106 valence electrons. The van der Waals surface area contributed by atoms with Crippen molar-refractivity contribution in [1.29, 1.82) is 0 Å². The molecule has 0 aliphatic carbocycles. The van der Waals surface area contributed by atoms with Crippen molar-refractivity contribution in [3.8, 4) is 0 Å². The first kappa shape index (κ1) is 15.3. The van der Waals surface area contributed by atoms with E-state index in [0.29, 0.717) is 5.56 Å². The minimum Gasteiger partial charge on any atom is -0.224 e. The minimum absolute atomic E-state index is 0.0366. The Kier molecular flexibility index (Phi) is 4.68. The van der Waals surface area contributed by atoms with Crippen LogP contribution in [0.2, 0.25) is 5.02 Å². The number of rotatable bonds is 4. The molecular weight excluding hydrogens is 322 g/mol. The monoisotopic (exact) mass is 332 g/mol. The number of benzene rings is 2. The predicted octanol–water partition coefficient (Wildman–Crippen LogP) is 4.23. The van der Waals surface area contributed by atoms with Gasteiger partial charge in [0, 0.05) is 0 Å². The Morgan fingerprint density at radius 3 is 2.35 bits per heavy atom. The normalized spacial score (nSPS) is 13.2. The van der Waals surface area contributed by atoms with Crippen molar-refractivity contribution >= 4 is 33.0 Å². The molecule has 0 amide bonds. The molecule has 0 aromatic heterocycles. The maximum atomic E-state index is 13.1. The van der Waals surface area contributed by atoms with Crippen LogP contribution in [0.1, 0.15) is 10.9 Å². The average Bonchev–Trinajstić information content (AvgIpc) is 2.42. The van der Waals surface area contributed by atoms with Gasteiger partial charge in [-0.1, -0.05) is 41.9 Å². The molecule has 0 fully saturated rings. The summed E-state index contributed by atoms with van der Waals surface area (Å²) in [5.74, 6) is -0.934. The molecule has 0 saturated carbocycles. The van der Waals surface area contributed by atoms with Crippen molar-refractivity contribution in [1.82, 2.24) is 0 Å². The Balaban J connectivity index is 2.25. The van der Waals surface area contributed by atoms with Crippen molar-refractivity contribution < 1.29 is 12.8 Å². The van der Waals surface area contributed by atoms with Crippen LogP contribution in [0.3, 0.4) is 0 Å². The number of hydrogen-bond acceptors (Lipinski definition) is 2. The SMILES string of the molecule is O=S(=O)(C[C@@H](Cl)c1ccccc1)c1ccc(F)c(Cl)c1. The molecule has 2 aromatic carbocycles. The van der Waals surface area contributed by atoms with Gasteiger partial charge in [0.05, 0.1) is 21.0 Å². The van der Waals surface area contributed by atoms with E-state index < -0.39 is 21.0 Å². The summed E-state index contributed by atoms with van der Waals surface area (Å²) in [7, 11) is -3.63. The topological polar surface area (TPSA) is 34.1 Å². The van der Waals surface area contributed by atoms with Crippen LogP contribution in [-0.2, 0) is 9.84 Å². The van der Waals surface area contributed by atoms with Crippen LogP contribution in [0, 0.1) is 5.82 Å². The van der Waals surface area contributed by atoms with Crippen LogP contribution in [-0.4, -0.2) is 14.2 Å². The molecule has 2 rings (SSSR count). The Bertz CT molecular complexity index is 702. The molecule has 2 nitrogen and oxygen atoms in total. The van der Waals surface area contributed by atoms with E-state index in [-0.39, 0.29) is 15.7 Å². The highest BCUT2D eigenvalue weighted by Gasteiger charge is 2.21. The fraction of sp³-hybridized carbons (Fsp3) is 0.143. The third-order valence-corrected chi connectivity index (χ3v) is 5.40. The molecule has 0 heterocycles. The van der Waals surface area contributed by atoms with E-state index in [9.17, 15) is 12.8 Å². The van der Waals surface area contributed by atoms with Gasteiger partial charge in [0.2, 0.25) is 0 Å². The standard InChI is InChI=1S/C14H11Cl2FO2S/c15-12-8-11(6-7-14(12)17)20(18,19)9-13(16)10-4-2-1-3-5-10/h1-8,13H,9H2/t13-/m1/s1. The minimum atomic E-state index is -3.63. The molecule has 0 saturated heterocycles. The van der Waals surface area contributed by atoms with E-state index in [1.807, 2.05) is 6.07 Å². The summed E-state index contributed by atoms with van der Waals surface area (Å²) >= 11 is 11.7. The van der Waals surface area contributed by atoms with E-state index in [0.717, 1.165) is 12.1 Å². The summed E-state index contributed by atoms with van der Waals surface area (Å²) < 4.78 is 37.5. The fourth-order valence-electron chi connectivity index (χ4n) is 1.72. The van der Waals surface area contributed by atoms with E-state index in [1.54, 1.807) is 24.3 Å². The first-order chi connectivity index (χ1) is 9.40. The number of hydrogen-bond donors (Lipinski definition) is 0. The fourth-order valence-corrected chi connectivity index (χ4v) is 3.95. The lowest BCUT2D eigenvalue weighted by Gasteiger charge is -2.11. The first-order valence-corrected chi connectivity index (χ1v) is 8.23. The van der Waals surface area contributed by atoms with Crippen LogP contribution in [0.5, 0.6) is 0 Å². The van der Waals surface area contributed by atoms with Crippen molar-refractivity contribution in [3.63, 3.8) is 0 Å². The zero-order valence-electron chi connectivity index (χ0n) is 10.3. The molecule has 0 bridgehead atoms. The highest BCUT2D eigenvalue weighted by atomic mass is 35.5. The van der Waals surface area contributed by atoms with Gasteiger partial charge < -0.3 is 0 Å². The van der Waals surface area contributed by atoms with Crippen LogP contribution >= 0.6 is 23.2 Å². The summed E-state index contributed by atoms with van der Waals surface area (Å²) in [5, 5.41) is -0.901. The number of sulfone groups is 1. The summed E-state index contributed by atoms with van der Waals surface area (Å²) in [6.07, 6.45) is 0. The predicted molar refractivity (Wildman–Crippen MR) is 78.5 cm³/mol. The smallest absolute Gasteiger partial charge is 0.180 e. The molecule has 0 aliphatic rings. The van der Waals surface area contributed by atoms with Gasteiger partial charge in [-0.2, -0.15) is 0 Å². The molecule has 0 aliphatic heterocycles. The van der Waals surface area contributed by atoms with E-state index in [4.69, 9.17) is 23.2 Å². The molecule has 0 unspecified atom stereocenters. The van der Waals surface area contributed by atoms with Gasteiger partial charge in [-0.3, -0.25) is 0 Å². The molecule has 0 spiro atoms. The molecule has 1 atom stereocenters. The second kappa shape index (κ2) is 6.12. The van der Waals surface area contributed by atoms with E-state index in [2.05, 4.69) is 0 Å². The molecule has 6 heteroatoms. The van der Waals surface area contributed by atoms with Gasteiger partial charge in [0.15, 0.2) is 9.84 Å². The summed E-state index contributed by atoms with van der Waals surface area (Å²) in [6.45, 7) is 0. The first-order valence-electron chi connectivity index (χ1n) is 5.77. The highest BCUT2D eigenvalue weighted by molar-refractivity contribution is 7.91. The van der Waals surface area contributed by atoms with Gasteiger partial charge in [-0.15, -0.1) is 11.6 Å². The Labute approximate surface area is 127 Å². The molecular formula is C14H11Cl2FO2S. The Hall–Kier alpha value is -1.10. The summed E-state index contributed by atoms with van der Waals surface area (Å²) in [6, 6.07) is 12.2. The maximum absolute atomic E-state index is 13.1. The van der Waals surface area contributed by atoms with Crippen LogP contribution in [0.4, 0.5) is 4.39 Å². The number of halogens is 3. The van der Waals surface area contributed by atoms with Gasteiger partial charge >= 0.3 is 0 Å². The zero-order valence-corrected chi connectivity index (χ0v) is 12.6. The van der Waals surface area contributed by atoms with Gasteiger partial charge in [0.25, 0.3) is 0 Å². The quantitative estimate of drug-likeness (QED) is 0.620. The largest absolute Gasteiger partial charge is 0.224 e. The van der Waals surface area contributed by atoms with E-state index in [1.165, 1.54) is 6.07 Å². The lowest BCUT2D eigenvalue weighted by Crippen LogP contribution is -2.11. The van der Waals surface area contributed by atoms with Crippen molar-refractivity contribution in [2.24, 2.45) is 0 Å². The third-order valence-electron chi connectivity index (χ3n) is 2.78. The Morgan fingerprint density at radius 2 is 1.75 bits per heavy atom. The second-order valence-corrected chi connectivity index (χ2v) is 7.20. The molecule has 20 heavy (non-hydrogen) atoms. The van der Waals surface area contributed by atoms with Crippen molar-refractivity contribution in [2.75, 3.05) is 5.75 Å². The highest BCUT2D eigenvalue weighted by Crippen LogP contribution is 2.27. The lowest BCUT2D eigenvalue weighted by molar-refractivity contribution is 0.593. The summed E-state index contributed by atoms with van der Waals surface area (Å²) in [4.78, 5) is -0.0366. The molecule has 0 N–H and O–H groups in total. The van der Waals surface area contributed by atoms with E-state index >= 15 is 0 Å². The third kappa shape index (κ3) is 3.51. The molecule has 2 aromatic rings. The van der Waals surface area contributed by atoms with Crippen LogP contribution in [0.25, 0.3) is 0 Å². The van der Waals surface area contributed by atoms with Gasteiger partial charge in [0.1, 0.15) is 5.82 Å². The molecule has 0 radical (unpaired) electrons. The average molecular weight is 333 g/mol.